The zero-order valence-electron chi connectivity index (χ0n) is 10.3. The van der Waals surface area contributed by atoms with Gasteiger partial charge in [-0.15, -0.1) is 0 Å². The number of carbonyl (C=O) groups is 2. The molecule has 1 amide bonds. The van der Waals surface area contributed by atoms with Gasteiger partial charge >= 0.3 is 5.97 Å². The number of rotatable bonds is 7. The van der Waals surface area contributed by atoms with Gasteiger partial charge in [0.25, 0.3) is 0 Å². The summed E-state index contributed by atoms with van der Waals surface area (Å²) in [4.78, 5) is 22.4. The van der Waals surface area contributed by atoms with Gasteiger partial charge in [0.1, 0.15) is 0 Å². The first kappa shape index (κ1) is 14.2. The van der Waals surface area contributed by atoms with Gasteiger partial charge in [0, 0.05) is 13.0 Å². The summed E-state index contributed by atoms with van der Waals surface area (Å²) in [5.41, 5.74) is 0.803. The molecule has 5 nitrogen and oxygen atoms in total. The number of aliphatic carboxylic acids is 1. The van der Waals surface area contributed by atoms with E-state index in [0.29, 0.717) is 13.0 Å². The number of amides is 1. The average molecular weight is 250 g/mol. The molecule has 1 unspecified atom stereocenters. The van der Waals surface area contributed by atoms with Crippen molar-refractivity contribution in [2.45, 2.75) is 18.9 Å². The SMILES string of the molecule is CNCCC(=O)NC(CC(=O)O)c1ccccc1. The summed E-state index contributed by atoms with van der Waals surface area (Å²) in [5, 5.41) is 14.5. The monoisotopic (exact) mass is 250 g/mol. The molecule has 98 valence electrons. The van der Waals surface area contributed by atoms with Crippen molar-refractivity contribution in [2.24, 2.45) is 0 Å². The Kier molecular flexibility index (Phi) is 5.87. The lowest BCUT2D eigenvalue weighted by Gasteiger charge is -2.17. The molecule has 0 aliphatic rings. The van der Waals surface area contributed by atoms with E-state index in [1.807, 2.05) is 30.3 Å². The van der Waals surface area contributed by atoms with Crippen LogP contribution in [0.3, 0.4) is 0 Å². The Morgan fingerprint density at radius 2 is 1.94 bits per heavy atom. The van der Waals surface area contributed by atoms with Gasteiger partial charge in [-0.2, -0.15) is 0 Å². The van der Waals surface area contributed by atoms with E-state index in [1.165, 1.54) is 0 Å². The highest BCUT2D eigenvalue weighted by molar-refractivity contribution is 5.77. The molecule has 1 atom stereocenters. The second-order valence-electron chi connectivity index (χ2n) is 3.98. The largest absolute Gasteiger partial charge is 0.481 e. The van der Waals surface area contributed by atoms with Crippen molar-refractivity contribution in [3.8, 4) is 0 Å². The van der Waals surface area contributed by atoms with Crippen LogP contribution in [0, 0.1) is 0 Å². The van der Waals surface area contributed by atoms with Crippen LogP contribution < -0.4 is 10.6 Å². The van der Waals surface area contributed by atoms with Gasteiger partial charge in [0.05, 0.1) is 12.5 Å². The molecule has 0 fully saturated rings. The summed E-state index contributed by atoms with van der Waals surface area (Å²) in [5.74, 6) is -1.09. The fourth-order valence-corrected chi connectivity index (χ4v) is 1.62. The van der Waals surface area contributed by atoms with E-state index in [-0.39, 0.29) is 12.3 Å². The number of hydrogen-bond acceptors (Lipinski definition) is 3. The molecule has 1 aromatic rings. The normalized spacial score (nSPS) is 11.8. The predicted molar refractivity (Wildman–Crippen MR) is 68.1 cm³/mol. The van der Waals surface area contributed by atoms with E-state index in [0.717, 1.165) is 5.56 Å². The van der Waals surface area contributed by atoms with Gasteiger partial charge in [-0.1, -0.05) is 30.3 Å². The second kappa shape index (κ2) is 7.45. The van der Waals surface area contributed by atoms with Crippen molar-refractivity contribution >= 4 is 11.9 Å². The van der Waals surface area contributed by atoms with E-state index < -0.39 is 12.0 Å². The van der Waals surface area contributed by atoms with Crippen molar-refractivity contribution in [1.29, 1.82) is 0 Å². The van der Waals surface area contributed by atoms with Gasteiger partial charge < -0.3 is 15.7 Å². The molecule has 1 aromatic carbocycles. The highest BCUT2D eigenvalue weighted by atomic mass is 16.4. The van der Waals surface area contributed by atoms with Crippen LogP contribution in [0.2, 0.25) is 0 Å². The molecule has 0 aliphatic carbocycles. The quantitative estimate of drug-likeness (QED) is 0.672. The Hall–Kier alpha value is -1.88. The molecular weight excluding hydrogens is 232 g/mol. The fraction of sp³-hybridized carbons (Fsp3) is 0.385. The number of carboxylic acid groups (broad SMARTS) is 1. The Morgan fingerprint density at radius 3 is 2.50 bits per heavy atom. The molecule has 18 heavy (non-hydrogen) atoms. The highest BCUT2D eigenvalue weighted by Gasteiger charge is 2.17. The first-order valence-electron chi connectivity index (χ1n) is 5.84. The number of benzene rings is 1. The molecular formula is C13H18N2O3. The van der Waals surface area contributed by atoms with Crippen LogP contribution in [-0.2, 0) is 9.59 Å². The average Bonchev–Trinajstić information content (AvgIpc) is 2.36. The first-order chi connectivity index (χ1) is 8.63. The van der Waals surface area contributed by atoms with Crippen molar-refractivity contribution in [3.05, 3.63) is 35.9 Å². The number of carboxylic acids is 1. The maximum Gasteiger partial charge on any atom is 0.305 e. The smallest absolute Gasteiger partial charge is 0.305 e. The standard InChI is InChI=1S/C13H18N2O3/c1-14-8-7-12(16)15-11(9-13(17)18)10-5-3-2-4-6-10/h2-6,11,14H,7-9H2,1H3,(H,15,16)(H,17,18). The van der Waals surface area contributed by atoms with Crippen LogP contribution in [0.4, 0.5) is 0 Å². The summed E-state index contributed by atoms with van der Waals surface area (Å²) >= 11 is 0. The highest BCUT2D eigenvalue weighted by Crippen LogP contribution is 2.16. The molecule has 0 spiro atoms. The first-order valence-corrected chi connectivity index (χ1v) is 5.84. The number of nitrogens with one attached hydrogen (secondary N) is 2. The van der Waals surface area contributed by atoms with E-state index in [1.54, 1.807) is 7.05 Å². The van der Waals surface area contributed by atoms with Crippen LogP contribution in [0.1, 0.15) is 24.4 Å². The van der Waals surface area contributed by atoms with Crippen LogP contribution in [0.15, 0.2) is 30.3 Å². The van der Waals surface area contributed by atoms with Crippen molar-refractivity contribution < 1.29 is 14.7 Å². The summed E-state index contributed by atoms with van der Waals surface area (Å²) in [6.07, 6.45) is 0.217. The van der Waals surface area contributed by atoms with E-state index in [9.17, 15) is 9.59 Å². The van der Waals surface area contributed by atoms with E-state index in [2.05, 4.69) is 10.6 Å². The lowest BCUT2D eigenvalue weighted by molar-refractivity contribution is -0.137. The van der Waals surface area contributed by atoms with Crippen molar-refractivity contribution in [2.75, 3.05) is 13.6 Å². The van der Waals surface area contributed by atoms with Crippen LogP contribution in [0.5, 0.6) is 0 Å². The lowest BCUT2D eigenvalue weighted by Crippen LogP contribution is -2.31. The van der Waals surface area contributed by atoms with Gasteiger partial charge in [-0.05, 0) is 12.6 Å². The Morgan fingerprint density at radius 1 is 1.28 bits per heavy atom. The van der Waals surface area contributed by atoms with Crippen molar-refractivity contribution in [1.82, 2.24) is 10.6 Å². The summed E-state index contributed by atoms with van der Waals surface area (Å²) in [6, 6.07) is 8.64. The minimum atomic E-state index is -0.933. The molecule has 0 aromatic heterocycles. The third-order valence-corrected chi connectivity index (χ3v) is 2.52. The molecule has 0 saturated carbocycles. The van der Waals surface area contributed by atoms with Gasteiger partial charge in [-0.3, -0.25) is 9.59 Å². The minimum Gasteiger partial charge on any atom is -0.481 e. The summed E-state index contributed by atoms with van der Waals surface area (Å²) in [7, 11) is 1.76. The Bertz CT molecular complexity index is 392. The summed E-state index contributed by atoms with van der Waals surface area (Å²) < 4.78 is 0. The zero-order chi connectivity index (χ0) is 13.4. The number of carbonyl (C=O) groups excluding carboxylic acids is 1. The maximum atomic E-state index is 11.6. The zero-order valence-corrected chi connectivity index (χ0v) is 10.3. The number of hydrogen-bond donors (Lipinski definition) is 3. The van der Waals surface area contributed by atoms with Crippen LogP contribution in [0.25, 0.3) is 0 Å². The third-order valence-electron chi connectivity index (χ3n) is 2.52. The molecule has 5 heteroatoms. The molecule has 1 rings (SSSR count). The van der Waals surface area contributed by atoms with E-state index >= 15 is 0 Å². The van der Waals surface area contributed by atoms with Gasteiger partial charge in [0.15, 0.2) is 0 Å². The maximum absolute atomic E-state index is 11.6. The topological polar surface area (TPSA) is 78.4 Å². The molecule has 0 aliphatic heterocycles. The molecule has 0 radical (unpaired) electrons. The Balaban J connectivity index is 2.67. The van der Waals surface area contributed by atoms with E-state index in [4.69, 9.17) is 5.11 Å². The third kappa shape index (κ3) is 4.97. The second-order valence-corrected chi connectivity index (χ2v) is 3.98. The fourth-order valence-electron chi connectivity index (χ4n) is 1.62. The van der Waals surface area contributed by atoms with Gasteiger partial charge in [-0.25, -0.2) is 0 Å². The molecule has 0 heterocycles. The molecule has 0 bridgehead atoms. The lowest BCUT2D eigenvalue weighted by atomic mass is 10.0. The minimum absolute atomic E-state index is 0.116. The van der Waals surface area contributed by atoms with Crippen molar-refractivity contribution in [3.63, 3.8) is 0 Å². The molecule has 3 N–H and O–H groups in total. The molecule has 0 saturated heterocycles. The Labute approximate surface area is 106 Å². The predicted octanol–water partition coefficient (Wildman–Crippen LogP) is 0.928. The van der Waals surface area contributed by atoms with Gasteiger partial charge in [0.2, 0.25) is 5.91 Å². The van der Waals surface area contributed by atoms with Crippen LogP contribution in [-0.4, -0.2) is 30.6 Å². The summed E-state index contributed by atoms with van der Waals surface area (Å²) in [6.45, 7) is 0.570. The van der Waals surface area contributed by atoms with Crippen LogP contribution >= 0.6 is 0 Å².